The number of anilines is 2. The molecule has 1 fully saturated rings. The first kappa shape index (κ1) is 29.3. The Balaban J connectivity index is 0.000000532. The molecule has 1 aromatic heterocycles. The zero-order valence-electron chi connectivity index (χ0n) is 20.3. The number of carbonyl (C=O) groups is 2. The number of tetrazole rings is 1. The van der Waals surface area contributed by atoms with Crippen LogP contribution in [0.2, 0.25) is 0 Å². The third kappa shape index (κ3) is 8.13. The highest BCUT2D eigenvalue weighted by Crippen LogP contribution is 2.35. The minimum Gasteiger partial charge on any atom is -0.475 e. The molecule has 1 unspecified atom stereocenters. The van der Waals surface area contributed by atoms with Crippen LogP contribution < -0.4 is 5.32 Å². The lowest BCUT2D eigenvalue weighted by Crippen LogP contribution is -2.51. The molecule has 1 amide bonds. The van der Waals surface area contributed by atoms with Gasteiger partial charge in [-0.25, -0.2) is 4.79 Å². The Bertz CT molecular complexity index is 1300. The lowest BCUT2D eigenvalue weighted by molar-refractivity contribution is -0.192. The maximum atomic E-state index is 13.3. The van der Waals surface area contributed by atoms with Gasteiger partial charge in [0.05, 0.1) is 17.7 Å². The summed E-state index contributed by atoms with van der Waals surface area (Å²) in [6, 6.07) is 11.8. The van der Waals surface area contributed by atoms with Crippen molar-refractivity contribution in [2.75, 3.05) is 18.4 Å². The topological polar surface area (TPSA) is 133 Å². The summed E-state index contributed by atoms with van der Waals surface area (Å²) < 4.78 is 77.3. The maximum absolute atomic E-state index is 13.3. The monoisotopic (exact) mass is 560 g/mol. The van der Waals surface area contributed by atoms with E-state index in [4.69, 9.17) is 14.6 Å². The molecule has 39 heavy (non-hydrogen) atoms. The zero-order chi connectivity index (χ0) is 29.0. The molecule has 210 valence electrons. The van der Waals surface area contributed by atoms with Crippen molar-refractivity contribution in [3.8, 4) is 0 Å². The number of ether oxygens (including phenoxy) is 1. The predicted octanol–water partition coefficient (Wildman–Crippen LogP) is 4.59. The SMILES string of the molecule is CC1(C)CN(C(=O)c2cccc(Nc3nn[nH]n3)c2)CC(c2cccc(C(F)(F)F)c2)O1.O=C(O)C(F)(F)F. The summed E-state index contributed by atoms with van der Waals surface area (Å²) in [5, 5.41) is 23.5. The van der Waals surface area contributed by atoms with Gasteiger partial charge < -0.3 is 20.1 Å². The van der Waals surface area contributed by atoms with Crippen LogP contribution in [0.15, 0.2) is 48.5 Å². The van der Waals surface area contributed by atoms with Crippen molar-refractivity contribution in [3.05, 3.63) is 65.2 Å². The lowest BCUT2D eigenvalue weighted by atomic mass is 9.99. The standard InChI is InChI=1S/C21H21F3N6O2.C2HF3O2/c1-20(2)12-30(11-17(32-20)13-5-3-7-15(9-13)21(22,23)24)18(31)14-6-4-8-16(10-14)25-19-26-28-29-27-19;3-2(4,5)1(6)7/h3-10,17H,11-12H2,1-2H3,(H2,25,26,27,28,29);(H,6,7). The number of H-pyrrole nitrogens is 1. The number of alkyl halides is 6. The minimum atomic E-state index is -5.08. The van der Waals surface area contributed by atoms with E-state index in [-0.39, 0.29) is 18.4 Å². The number of carbonyl (C=O) groups excluding carboxylic acids is 1. The van der Waals surface area contributed by atoms with Crippen LogP contribution in [-0.4, -0.2) is 67.4 Å². The highest BCUT2D eigenvalue weighted by molar-refractivity contribution is 5.95. The fraction of sp³-hybridized carbons (Fsp3) is 0.348. The van der Waals surface area contributed by atoms with E-state index >= 15 is 0 Å². The molecule has 0 saturated carbocycles. The molecule has 1 aliphatic rings. The van der Waals surface area contributed by atoms with Crippen molar-refractivity contribution in [1.29, 1.82) is 0 Å². The molecular weight excluding hydrogens is 538 g/mol. The summed E-state index contributed by atoms with van der Waals surface area (Å²) >= 11 is 0. The van der Waals surface area contributed by atoms with Gasteiger partial charge in [0.25, 0.3) is 11.9 Å². The number of carboxylic acids is 1. The summed E-state index contributed by atoms with van der Waals surface area (Å²) in [5.41, 5.74) is -0.107. The van der Waals surface area contributed by atoms with Gasteiger partial charge in [0.1, 0.15) is 6.10 Å². The number of carboxylic acid groups (broad SMARTS) is 1. The molecule has 2 heterocycles. The number of aromatic nitrogens is 4. The zero-order valence-corrected chi connectivity index (χ0v) is 20.3. The molecule has 2 aromatic carbocycles. The molecule has 0 radical (unpaired) electrons. The summed E-state index contributed by atoms with van der Waals surface area (Å²) in [5.74, 6) is -2.76. The molecule has 3 aromatic rings. The average Bonchev–Trinajstić information content (AvgIpc) is 3.35. The Morgan fingerprint density at radius 3 is 2.36 bits per heavy atom. The summed E-state index contributed by atoms with van der Waals surface area (Å²) in [7, 11) is 0. The first-order valence-electron chi connectivity index (χ1n) is 11.1. The minimum absolute atomic E-state index is 0.131. The van der Waals surface area contributed by atoms with Crippen LogP contribution >= 0.6 is 0 Å². The van der Waals surface area contributed by atoms with Crippen molar-refractivity contribution in [3.63, 3.8) is 0 Å². The van der Waals surface area contributed by atoms with E-state index in [1.165, 1.54) is 6.07 Å². The highest BCUT2D eigenvalue weighted by Gasteiger charge is 2.39. The van der Waals surface area contributed by atoms with Crippen LogP contribution in [0.3, 0.4) is 0 Å². The maximum Gasteiger partial charge on any atom is 0.490 e. The molecule has 3 N–H and O–H groups in total. The van der Waals surface area contributed by atoms with Gasteiger partial charge in [-0.1, -0.05) is 23.3 Å². The Kier molecular flexibility index (Phi) is 8.48. The van der Waals surface area contributed by atoms with Crippen LogP contribution in [-0.2, 0) is 15.7 Å². The molecule has 4 rings (SSSR count). The van der Waals surface area contributed by atoms with Gasteiger partial charge in [-0.2, -0.15) is 31.6 Å². The summed E-state index contributed by atoms with van der Waals surface area (Å²) in [6.07, 6.45) is -10.2. The van der Waals surface area contributed by atoms with Gasteiger partial charge in [0, 0.05) is 17.8 Å². The second-order valence-corrected chi connectivity index (χ2v) is 8.92. The van der Waals surface area contributed by atoms with E-state index in [1.807, 2.05) is 0 Å². The van der Waals surface area contributed by atoms with Gasteiger partial charge in [-0.15, -0.1) is 5.10 Å². The number of aliphatic carboxylic acids is 1. The average molecular weight is 560 g/mol. The van der Waals surface area contributed by atoms with E-state index < -0.39 is 35.6 Å². The number of hydrogen-bond acceptors (Lipinski definition) is 7. The predicted molar refractivity (Wildman–Crippen MR) is 123 cm³/mol. The van der Waals surface area contributed by atoms with Gasteiger partial charge in [0.15, 0.2) is 0 Å². The van der Waals surface area contributed by atoms with Crippen molar-refractivity contribution in [1.82, 2.24) is 25.5 Å². The largest absolute Gasteiger partial charge is 0.490 e. The summed E-state index contributed by atoms with van der Waals surface area (Å²) in [6.45, 7) is 4.04. The molecule has 0 bridgehead atoms. The first-order chi connectivity index (χ1) is 18.0. The molecular formula is C23H22F6N6O4. The first-order valence-corrected chi connectivity index (χ1v) is 11.1. The number of nitrogens with zero attached hydrogens (tertiary/aromatic N) is 4. The van der Waals surface area contributed by atoms with Crippen molar-refractivity contribution >= 4 is 23.5 Å². The number of hydrogen-bond donors (Lipinski definition) is 3. The highest BCUT2D eigenvalue weighted by atomic mass is 19.4. The Labute approximate surface area is 217 Å². The summed E-state index contributed by atoms with van der Waals surface area (Å²) in [4.78, 5) is 23.8. The fourth-order valence-electron chi connectivity index (χ4n) is 3.68. The molecule has 1 saturated heterocycles. The van der Waals surface area contributed by atoms with E-state index in [0.29, 0.717) is 23.4 Å². The fourth-order valence-corrected chi connectivity index (χ4v) is 3.68. The second kappa shape index (κ2) is 11.3. The van der Waals surface area contributed by atoms with Crippen molar-refractivity contribution in [2.24, 2.45) is 0 Å². The molecule has 1 aliphatic heterocycles. The van der Waals surface area contributed by atoms with Crippen LogP contribution in [0.25, 0.3) is 0 Å². The van der Waals surface area contributed by atoms with Crippen molar-refractivity contribution in [2.45, 2.75) is 37.9 Å². The van der Waals surface area contributed by atoms with E-state index in [0.717, 1.165) is 12.1 Å². The molecule has 10 nitrogen and oxygen atoms in total. The molecule has 1 atom stereocenters. The molecule has 0 aliphatic carbocycles. The Morgan fingerprint density at radius 2 is 1.77 bits per heavy atom. The number of amides is 1. The Hall–Kier alpha value is -4.21. The number of halogens is 6. The smallest absolute Gasteiger partial charge is 0.475 e. The van der Waals surface area contributed by atoms with E-state index in [9.17, 15) is 31.1 Å². The third-order valence-electron chi connectivity index (χ3n) is 5.25. The van der Waals surface area contributed by atoms with Crippen LogP contribution in [0.1, 0.15) is 41.4 Å². The number of rotatable bonds is 4. The normalized spacial score (nSPS) is 17.1. The quantitative estimate of drug-likeness (QED) is 0.395. The number of nitrogens with one attached hydrogen (secondary N) is 2. The van der Waals surface area contributed by atoms with Crippen LogP contribution in [0.5, 0.6) is 0 Å². The number of benzene rings is 2. The van der Waals surface area contributed by atoms with Gasteiger partial charge >= 0.3 is 18.3 Å². The number of aromatic amines is 1. The van der Waals surface area contributed by atoms with E-state index in [1.54, 1.807) is 49.1 Å². The van der Waals surface area contributed by atoms with Crippen molar-refractivity contribution < 1.29 is 45.8 Å². The van der Waals surface area contributed by atoms with Gasteiger partial charge in [-0.3, -0.25) is 4.79 Å². The molecule has 0 spiro atoms. The molecule has 16 heteroatoms. The third-order valence-corrected chi connectivity index (χ3v) is 5.25. The number of morpholine rings is 1. The lowest BCUT2D eigenvalue weighted by Gasteiger charge is -2.43. The van der Waals surface area contributed by atoms with E-state index in [2.05, 4.69) is 25.9 Å². The second-order valence-electron chi connectivity index (χ2n) is 8.92. The van der Waals surface area contributed by atoms with Gasteiger partial charge in [-0.05, 0) is 55.0 Å². The van der Waals surface area contributed by atoms with Gasteiger partial charge in [0.2, 0.25) is 0 Å². The van der Waals surface area contributed by atoms with Crippen LogP contribution in [0, 0.1) is 0 Å². The van der Waals surface area contributed by atoms with Crippen LogP contribution in [0.4, 0.5) is 38.0 Å². The Morgan fingerprint density at radius 1 is 1.10 bits per heavy atom.